The van der Waals surface area contributed by atoms with Gasteiger partial charge >= 0.3 is 0 Å². The summed E-state index contributed by atoms with van der Waals surface area (Å²) in [5.41, 5.74) is 6.55. The minimum absolute atomic E-state index is 0.157. The Hall–Kier alpha value is -1.53. The summed E-state index contributed by atoms with van der Waals surface area (Å²) in [5.74, 6) is 0. The third-order valence-electron chi connectivity index (χ3n) is 2.23. The highest BCUT2D eigenvalue weighted by atomic mass is 32.2. The molecule has 0 spiro atoms. The van der Waals surface area contributed by atoms with E-state index in [2.05, 4.69) is 16.6 Å². The molecule has 0 amide bonds. The number of nitrogens with one attached hydrogen (secondary N) is 2. The molecule has 0 heterocycles. The average Bonchev–Trinajstić information content (AvgIpc) is 2.31. The van der Waals surface area contributed by atoms with Crippen molar-refractivity contribution in [2.45, 2.75) is 11.3 Å². The quantitative estimate of drug-likeness (QED) is 0.404. The van der Waals surface area contributed by atoms with Crippen LogP contribution in [0.25, 0.3) is 0 Å². The Morgan fingerprint density at radius 1 is 1.47 bits per heavy atom. The second kappa shape index (κ2) is 5.70. The number of hydrogen-bond donors (Lipinski definition) is 3. The first-order chi connectivity index (χ1) is 8.01. The smallest absolute Gasteiger partial charge is 0.242 e. The van der Waals surface area contributed by atoms with Crippen LogP contribution in [0.15, 0.2) is 35.7 Å². The summed E-state index contributed by atoms with van der Waals surface area (Å²) in [5, 5.41) is 3.04. The van der Waals surface area contributed by atoms with Crippen LogP contribution in [0, 0.1) is 0 Å². The zero-order valence-corrected chi connectivity index (χ0v) is 10.5. The largest absolute Gasteiger partial charge is 0.399 e. The molecular weight excluding hydrogens is 238 g/mol. The summed E-state index contributed by atoms with van der Waals surface area (Å²) in [4.78, 5) is 0.157. The van der Waals surface area contributed by atoms with Gasteiger partial charge < -0.3 is 11.1 Å². The van der Waals surface area contributed by atoms with Crippen LogP contribution >= 0.6 is 0 Å². The maximum atomic E-state index is 11.8. The molecule has 17 heavy (non-hydrogen) atoms. The van der Waals surface area contributed by atoms with Gasteiger partial charge in [-0.05, 0) is 31.7 Å². The fourth-order valence-electron chi connectivity index (χ4n) is 1.33. The summed E-state index contributed by atoms with van der Waals surface area (Å²) < 4.78 is 25.8. The molecule has 0 aliphatic carbocycles. The second-order valence-corrected chi connectivity index (χ2v) is 5.32. The average molecular weight is 255 g/mol. The Labute approximate surface area is 102 Å². The summed E-state index contributed by atoms with van der Waals surface area (Å²) >= 11 is 0. The minimum Gasteiger partial charge on any atom is -0.399 e. The van der Waals surface area contributed by atoms with E-state index >= 15 is 0 Å². The van der Waals surface area contributed by atoms with E-state index < -0.39 is 10.0 Å². The highest BCUT2D eigenvalue weighted by Crippen LogP contribution is 2.23. The van der Waals surface area contributed by atoms with Gasteiger partial charge in [0.05, 0.1) is 5.69 Å². The van der Waals surface area contributed by atoms with E-state index in [-0.39, 0.29) is 4.90 Å². The standard InChI is InChI=1S/C11H17N3O2S/c1-3-4-7-14-10-6-5-9(12)8-11(10)17(15,16)13-2/h3,5-6,8,13-14H,1,4,7,12H2,2H3. The van der Waals surface area contributed by atoms with Gasteiger partial charge in [-0.25, -0.2) is 13.1 Å². The van der Waals surface area contributed by atoms with E-state index in [1.807, 2.05) is 0 Å². The van der Waals surface area contributed by atoms with Crippen LogP contribution < -0.4 is 15.8 Å². The van der Waals surface area contributed by atoms with Gasteiger partial charge in [-0.15, -0.1) is 6.58 Å². The predicted octanol–water partition coefficient (Wildman–Crippen LogP) is 1.16. The zero-order valence-electron chi connectivity index (χ0n) is 9.73. The van der Waals surface area contributed by atoms with Crippen molar-refractivity contribution in [2.24, 2.45) is 0 Å². The van der Waals surface area contributed by atoms with Crippen molar-refractivity contribution in [3.63, 3.8) is 0 Å². The number of anilines is 2. The van der Waals surface area contributed by atoms with Gasteiger partial charge in [0.15, 0.2) is 0 Å². The van der Waals surface area contributed by atoms with Crippen LogP contribution in [0.5, 0.6) is 0 Å². The van der Waals surface area contributed by atoms with Crippen molar-refractivity contribution < 1.29 is 8.42 Å². The van der Waals surface area contributed by atoms with Crippen molar-refractivity contribution in [2.75, 3.05) is 24.6 Å². The highest BCUT2D eigenvalue weighted by molar-refractivity contribution is 7.89. The lowest BCUT2D eigenvalue weighted by molar-refractivity contribution is 0.588. The Bertz CT molecular complexity index is 497. The number of hydrogen-bond acceptors (Lipinski definition) is 4. The molecule has 6 heteroatoms. The third-order valence-corrected chi connectivity index (χ3v) is 3.68. The van der Waals surface area contributed by atoms with E-state index in [0.717, 1.165) is 6.42 Å². The predicted molar refractivity (Wildman–Crippen MR) is 70.4 cm³/mol. The van der Waals surface area contributed by atoms with Gasteiger partial charge in [-0.3, -0.25) is 0 Å². The van der Waals surface area contributed by atoms with E-state index in [1.165, 1.54) is 13.1 Å². The molecule has 0 aliphatic rings. The first-order valence-corrected chi connectivity index (χ1v) is 6.67. The van der Waals surface area contributed by atoms with Gasteiger partial charge in [-0.2, -0.15) is 0 Å². The number of nitrogens with two attached hydrogens (primary N) is 1. The molecule has 0 bridgehead atoms. The Kier molecular flexibility index (Phi) is 4.53. The molecule has 0 aliphatic heterocycles. The van der Waals surface area contributed by atoms with Crippen LogP contribution in [0.3, 0.4) is 0 Å². The topological polar surface area (TPSA) is 84.2 Å². The fraction of sp³-hybridized carbons (Fsp3) is 0.273. The molecule has 0 unspecified atom stereocenters. The van der Waals surface area contributed by atoms with E-state index in [0.29, 0.717) is 17.9 Å². The summed E-state index contributed by atoms with van der Waals surface area (Å²) in [6.45, 7) is 4.23. The molecule has 4 N–H and O–H groups in total. The molecule has 5 nitrogen and oxygen atoms in total. The van der Waals surface area contributed by atoms with E-state index in [1.54, 1.807) is 18.2 Å². The summed E-state index contributed by atoms with van der Waals surface area (Å²) in [6, 6.07) is 4.75. The van der Waals surface area contributed by atoms with Crippen LogP contribution in [0.4, 0.5) is 11.4 Å². The minimum atomic E-state index is -3.51. The normalized spacial score (nSPS) is 11.1. The molecule has 0 radical (unpaired) electrons. The SMILES string of the molecule is C=CCCNc1ccc(N)cc1S(=O)(=O)NC. The lowest BCUT2D eigenvalue weighted by atomic mass is 10.3. The van der Waals surface area contributed by atoms with Crippen molar-refractivity contribution in [3.05, 3.63) is 30.9 Å². The summed E-state index contributed by atoms with van der Waals surface area (Å²) in [6.07, 6.45) is 2.51. The Balaban J connectivity index is 3.08. The number of sulfonamides is 1. The van der Waals surface area contributed by atoms with Crippen molar-refractivity contribution in [3.8, 4) is 0 Å². The molecule has 1 aromatic carbocycles. The monoisotopic (exact) mass is 255 g/mol. The number of nitrogen functional groups attached to an aromatic ring is 1. The molecule has 0 saturated carbocycles. The fourth-order valence-corrected chi connectivity index (χ4v) is 2.27. The molecule has 0 aromatic heterocycles. The Morgan fingerprint density at radius 3 is 2.76 bits per heavy atom. The second-order valence-electron chi connectivity index (χ2n) is 3.47. The van der Waals surface area contributed by atoms with Crippen molar-refractivity contribution in [1.29, 1.82) is 0 Å². The number of benzene rings is 1. The molecule has 1 rings (SSSR count). The Morgan fingerprint density at radius 2 is 2.18 bits per heavy atom. The van der Waals surface area contributed by atoms with Crippen molar-refractivity contribution in [1.82, 2.24) is 4.72 Å². The molecule has 1 aromatic rings. The molecule has 0 atom stereocenters. The van der Waals surface area contributed by atoms with Crippen LogP contribution in [-0.2, 0) is 10.0 Å². The molecule has 0 saturated heterocycles. The molecule has 94 valence electrons. The maximum Gasteiger partial charge on any atom is 0.242 e. The van der Waals surface area contributed by atoms with Gasteiger partial charge in [0.2, 0.25) is 10.0 Å². The lowest BCUT2D eigenvalue weighted by Gasteiger charge is -2.12. The lowest BCUT2D eigenvalue weighted by Crippen LogP contribution is -2.20. The van der Waals surface area contributed by atoms with Gasteiger partial charge in [0, 0.05) is 12.2 Å². The summed E-state index contributed by atoms with van der Waals surface area (Å²) in [7, 11) is -2.14. The van der Waals surface area contributed by atoms with Crippen LogP contribution in [0.1, 0.15) is 6.42 Å². The zero-order chi connectivity index (χ0) is 12.9. The van der Waals surface area contributed by atoms with Crippen LogP contribution in [-0.4, -0.2) is 22.0 Å². The highest BCUT2D eigenvalue weighted by Gasteiger charge is 2.16. The van der Waals surface area contributed by atoms with E-state index in [9.17, 15) is 8.42 Å². The maximum absolute atomic E-state index is 11.8. The van der Waals surface area contributed by atoms with Gasteiger partial charge in [0.1, 0.15) is 4.90 Å². The van der Waals surface area contributed by atoms with Gasteiger partial charge in [-0.1, -0.05) is 6.08 Å². The van der Waals surface area contributed by atoms with Gasteiger partial charge in [0.25, 0.3) is 0 Å². The third kappa shape index (κ3) is 3.47. The van der Waals surface area contributed by atoms with E-state index in [4.69, 9.17) is 5.73 Å². The number of rotatable bonds is 6. The van der Waals surface area contributed by atoms with Crippen molar-refractivity contribution >= 4 is 21.4 Å². The van der Waals surface area contributed by atoms with Crippen LogP contribution in [0.2, 0.25) is 0 Å². The molecular formula is C11H17N3O2S. The first kappa shape index (κ1) is 13.5. The molecule has 0 fully saturated rings. The first-order valence-electron chi connectivity index (χ1n) is 5.19.